The molecular weight excluding hydrogens is 342 g/mol. The maximum absolute atomic E-state index is 13.3. The van der Waals surface area contributed by atoms with Crippen LogP contribution in [-0.2, 0) is 9.53 Å². The largest absolute Gasteiger partial charge is 0.453 e. The molecule has 146 valence electrons. The summed E-state index contributed by atoms with van der Waals surface area (Å²) in [5, 5.41) is 2.71. The fraction of sp³-hybridized carbons (Fsp3) is 0.524. The van der Waals surface area contributed by atoms with Crippen LogP contribution in [0.15, 0.2) is 29.8 Å². The van der Waals surface area contributed by atoms with Gasteiger partial charge >= 0.3 is 6.09 Å². The number of ether oxygens (including phenoxy) is 1. The van der Waals surface area contributed by atoms with Gasteiger partial charge in [-0.1, -0.05) is 44.2 Å². The maximum Gasteiger partial charge on any atom is 0.407 e. The number of nitrogens with two attached hydrogens (primary N) is 1. The first kappa shape index (κ1) is 19.4. The highest BCUT2D eigenvalue weighted by atomic mass is 16.5. The average Bonchev–Trinajstić information content (AvgIpc) is 3.28. The van der Waals surface area contributed by atoms with Gasteiger partial charge in [0.1, 0.15) is 6.04 Å². The number of carbonyl (C=O) groups excluding carboxylic acids is 2. The van der Waals surface area contributed by atoms with Crippen molar-refractivity contribution in [3.05, 3.63) is 41.0 Å². The normalized spacial score (nSPS) is 22.4. The van der Waals surface area contributed by atoms with E-state index in [-0.39, 0.29) is 23.8 Å². The van der Waals surface area contributed by atoms with E-state index >= 15 is 0 Å². The molecule has 6 heteroatoms. The molecule has 27 heavy (non-hydrogen) atoms. The van der Waals surface area contributed by atoms with Gasteiger partial charge in [0.15, 0.2) is 0 Å². The first-order valence-corrected chi connectivity index (χ1v) is 9.62. The molecule has 3 atom stereocenters. The number of likely N-dealkylation sites (tertiary alicyclic amines) is 1. The third kappa shape index (κ3) is 3.72. The van der Waals surface area contributed by atoms with Gasteiger partial charge in [-0.15, -0.1) is 0 Å². The Kier molecular flexibility index (Phi) is 5.85. The highest BCUT2D eigenvalue weighted by Crippen LogP contribution is 2.43. The molecule has 1 heterocycles. The summed E-state index contributed by atoms with van der Waals surface area (Å²) in [4.78, 5) is 27.0. The molecule has 0 saturated carbocycles. The molecule has 3 rings (SSSR count). The lowest BCUT2D eigenvalue weighted by Crippen LogP contribution is -2.53. The second-order valence-corrected chi connectivity index (χ2v) is 7.63. The van der Waals surface area contributed by atoms with Crippen LogP contribution in [0.25, 0.3) is 6.08 Å². The Morgan fingerprint density at radius 2 is 2.07 bits per heavy atom. The number of fused-ring (bicyclic) bond motifs is 1. The highest BCUT2D eigenvalue weighted by Gasteiger charge is 2.42. The molecule has 6 nitrogen and oxygen atoms in total. The number of nitrogens with one attached hydrogen (secondary N) is 1. The number of rotatable bonds is 5. The number of alkyl carbamates (subject to hydrolysis) is 1. The Labute approximate surface area is 160 Å². The van der Waals surface area contributed by atoms with E-state index in [9.17, 15) is 9.59 Å². The zero-order valence-corrected chi connectivity index (χ0v) is 16.3. The van der Waals surface area contributed by atoms with Gasteiger partial charge in [0.2, 0.25) is 5.91 Å². The predicted molar refractivity (Wildman–Crippen MR) is 105 cm³/mol. The standard InChI is InChI=1S/C21H29N3O3/c1-13(2)19(23-21(26)27-3)20(25)24-10-6-9-17(24)18-15(12-22)11-14-7-4-5-8-16(14)18/h4-5,7-8,11,13,17-19H,6,9-10,12,22H2,1-3H3,(H,23,26)/t17-,18?,19-/m0/s1. The number of benzene rings is 1. The summed E-state index contributed by atoms with van der Waals surface area (Å²) >= 11 is 0. The van der Waals surface area contributed by atoms with Crippen molar-refractivity contribution in [1.82, 2.24) is 10.2 Å². The molecule has 1 aromatic carbocycles. The Hall–Kier alpha value is -2.34. The lowest BCUT2D eigenvalue weighted by molar-refractivity contribution is -0.135. The minimum Gasteiger partial charge on any atom is -0.453 e. The van der Waals surface area contributed by atoms with Crippen LogP contribution in [0.1, 0.15) is 43.7 Å². The van der Waals surface area contributed by atoms with Gasteiger partial charge in [-0.3, -0.25) is 4.79 Å². The van der Waals surface area contributed by atoms with Crippen LogP contribution in [0.4, 0.5) is 4.79 Å². The Balaban J connectivity index is 1.87. The van der Waals surface area contributed by atoms with Gasteiger partial charge in [0.05, 0.1) is 7.11 Å². The number of carbonyl (C=O) groups is 2. The number of nitrogens with zero attached hydrogens (tertiary/aromatic N) is 1. The van der Waals surface area contributed by atoms with E-state index in [1.165, 1.54) is 23.8 Å². The minimum atomic E-state index is -0.597. The summed E-state index contributed by atoms with van der Waals surface area (Å²) < 4.78 is 4.70. The van der Waals surface area contributed by atoms with Crippen LogP contribution < -0.4 is 11.1 Å². The topological polar surface area (TPSA) is 84.7 Å². The second-order valence-electron chi connectivity index (χ2n) is 7.63. The zero-order chi connectivity index (χ0) is 19.6. The van der Waals surface area contributed by atoms with Crippen molar-refractivity contribution < 1.29 is 14.3 Å². The quantitative estimate of drug-likeness (QED) is 0.833. The molecule has 0 bridgehead atoms. The SMILES string of the molecule is COC(=O)N[C@H](C(=O)N1CCC[C@H]1C1C(CN)=Cc2ccccc21)C(C)C. The highest BCUT2D eigenvalue weighted by molar-refractivity contribution is 5.86. The molecule has 1 fully saturated rings. The molecule has 3 N–H and O–H groups in total. The van der Waals surface area contributed by atoms with Crippen molar-refractivity contribution in [1.29, 1.82) is 0 Å². The Morgan fingerprint density at radius 3 is 2.74 bits per heavy atom. The van der Waals surface area contributed by atoms with Crippen LogP contribution in [0.3, 0.4) is 0 Å². The van der Waals surface area contributed by atoms with E-state index in [1.807, 2.05) is 30.9 Å². The molecule has 2 aliphatic rings. The van der Waals surface area contributed by atoms with Gasteiger partial charge in [-0.2, -0.15) is 0 Å². The molecule has 2 amide bonds. The molecule has 0 spiro atoms. The summed E-state index contributed by atoms with van der Waals surface area (Å²) in [6, 6.07) is 7.76. The fourth-order valence-electron chi connectivity index (χ4n) is 4.35. The van der Waals surface area contributed by atoms with Crippen LogP contribution in [0.5, 0.6) is 0 Å². The zero-order valence-electron chi connectivity index (χ0n) is 16.3. The van der Waals surface area contributed by atoms with Crippen molar-refractivity contribution in [2.24, 2.45) is 11.7 Å². The third-order valence-electron chi connectivity index (χ3n) is 5.67. The number of amides is 2. The average molecular weight is 371 g/mol. The van der Waals surface area contributed by atoms with E-state index in [0.717, 1.165) is 12.8 Å². The summed E-state index contributed by atoms with van der Waals surface area (Å²) in [5.41, 5.74) is 9.64. The van der Waals surface area contributed by atoms with E-state index in [0.29, 0.717) is 13.1 Å². The van der Waals surface area contributed by atoms with Crippen molar-refractivity contribution in [3.8, 4) is 0 Å². The summed E-state index contributed by atoms with van der Waals surface area (Å²) in [6.45, 7) is 5.04. The second kappa shape index (κ2) is 8.13. The van der Waals surface area contributed by atoms with Gasteiger partial charge in [0.25, 0.3) is 0 Å². The predicted octanol–water partition coefficient (Wildman–Crippen LogP) is 2.50. The van der Waals surface area contributed by atoms with Gasteiger partial charge in [0, 0.05) is 25.0 Å². The van der Waals surface area contributed by atoms with Gasteiger partial charge < -0.3 is 20.7 Å². The summed E-state index contributed by atoms with van der Waals surface area (Å²) in [6.07, 6.45) is 3.47. The van der Waals surface area contributed by atoms with Gasteiger partial charge in [-0.25, -0.2) is 4.79 Å². The third-order valence-corrected chi connectivity index (χ3v) is 5.67. The molecule has 1 saturated heterocycles. The van der Waals surface area contributed by atoms with Crippen LogP contribution in [-0.4, -0.2) is 49.2 Å². The fourth-order valence-corrected chi connectivity index (χ4v) is 4.35. The maximum atomic E-state index is 13.3. The van der Waals surface area contributed by atoms with E-state index in [1.54, 1.807) is 0 Å². The van der Waals surface area contributed by atoms with Crippen LogP contribution in [0.2, 0.25) is 0 Å². The van der Waals surface area contributed by atoms with Crippen molar-refractivity contribution in [2.75, 3.05) is 20.2 Å². The lowest BCUT2D eigenvalue weighted by atomic mass is 9.86. The van der Waals surface area contributed by atoms with Crippen LogP contribution >= 0.6 is 0 Å². The molecule has 1 unspecified atom stereocenters. The number of hydrogen-bond donors (Lipinski definition) is 2. The van der Waals surface area contributed by atoms with Crippen molar-refractivity contribution >= 4 is 18.1 Å². The smallest absolute Gasteiger partial charge is 0.407 e. The number of hydrogen-bond acceptors (Lipinski definition) is 4. The van der Waals surface area contributed by atoms with Gasteiger partial charge in [-0.05, 0) is 35.5 Å². The molecule has 1 aliphatic heterocycles. The summed E-state index contributed by atoms with van der Waals surface area (Å²) in [5.74, 6) is 0.0560. The van der Waals surface area contributed by atoms with Crippen molar-refractivity contribution in [3.63, 3.8) is 0 Å². The first-order chi connectivity index (χ1) is 13.0. The molecule has 1 aliphatic carbocycles. The lowest BCUT2D eigenvalue weighted by Gasteiger charge is -2.35. The molecule has 1 aromatic rings. The Morgan fingerprint density at radius 1 is 1.33 bits per heavy atom. The van der Waals surface area contributed by atoms with Crippen molar-refractivity contribution in [2.45, 2.75) is 44.7 Å². The van der Waals surface area contributed by atoms with Crippen LogP contribution in [0, 0.1) is 5.92 Å². The van der Waals surface area contributed by atoms with E-state index < -0.39 is 12.1 Å². The number of methoxy groups -OCH3 is 1. The van der Waals surface area contributed by atoms with E-state index in [4.69, 9.17) is 10.5 Å². The monoisotopic (exact) mass is 371 g/mol. The molecule has 0 radical (unpaired) electrons. The molecule has 0 aromatic heterocycles. The summed E-state index contributed by atoms with van der Waals surface area (Å²) in [7, 11) is 1.31. The molecular formula is C21H29N3O3. The minimum absolute atomic E-state index is 0.0294. The van der Waals surface area contributed by atoms with E-state index in [2.05, 4.69) is 23.5 Å². The first-order valence-electron chi connectivity index (χ1n) is 9.62. The Bertz CT molecular complexity index is 744.